The fourth-order valence-electron chi connectivity index (χ4n) is 3.83. The van der Waals surface area contributed by atoms with Gasteiger partial charge in [-0.15, -0.1) is 11.8 Å². The molecular weight excluding hydrogens is 350 g/mol. The molecule has 0 bridgehead atoms. The van der Waals surface area contributed by atoms with Crippen molar-refractivity contribution in [3.8, 4) is 0 Å². The van der Waals surface area contributed by atoms with Gasteiger partial charge in [0, 0.05) is 6.61 Å². The molecule has 3 heterocycles. The molecule has 0 spiro atoms. The van der Waals surface area contributed by atoms with Gasteiger partial charge in [0.15, 0.2) is 0 Å². The van der Waals surface area contributed by atoms with Gasteiger partial charge in [0.25, 0.3) is 5.56 Å². The number of amides is 1. The Balaban J connectivity index is 1.80. The molecule has 0 saturated carbocycles. The van der Waals surface area contributed by atoms with Crippen LogP contribution in [-0.4, -0.2) is 33.6 Å². The quantitative estimate of drug-likeness (QED) is 0.848. The molecule has 2 aliphatic rings. The number of hydrogen-bond acceptors (Lipinski definition) is 4. The summed E-state index contributed by atoms with van der Waals surface area (Å²) in [5.74, 6) is 0.864. The summed E-state index contributed by atoms with van der Waals surface area (Å²) in [7, 11) is 0. The van der Waals surface area contributed by atoms with Gasteiger partial charge in [-0.25, -0.2) is 0 Å². The van der Waals surface area contributed by atoms with Crippen LogP contribution in [0.5, 0.6) is 0 Å². The van der Waals surface area contributed by atoms with Gasteiger partial charge < -0.3 is 10.1 Å². The number of ether oxygens (including phenoxy) is 1. The lowest BCUT2D eigenvalue weighted by Crippen LogP contribution is -2.36. The molecule has 1 saturated heterocycles. The summed E-state index contributed by atoms with van der Waals surface area (Å²) in [6, 6.07) is 9.98. The smallest absolute Gasteiger partial charge is 0.270 e. The summed E-state index contributed by atoms with van der Waals surface area (Å²) in [4.78, 5) is 25.2. The Morgan fingerprint density at radius 3 is 2.73 bits per heavy atom. The molecule has 0 radical (unpaired) electrons. The van der Waals surface area contributed by atoms with E-state index in [1.165, 1.54) is 11.8 Å². The molecule has 2 atom stereocenters. The fourth-order valence-corrected chi connectivity index (χ4v) is 4.95. The molecule has 26 heavy (non-hydrogen) atoms. The van der Waals surface area contributed by atoms with Crippen molar-refractivity contribution in [2.45, 2.75) is 43.6 Å². The topological polar surface area (TPSA) is 76.1 Å². The summed E-state index contributed by atoms with van der Waals surface area (Å²) in [6.07, 6.45) is 1.59. The van der Waals surface area contributed by atoms with Crippen molar-refractivity contribution >= 4 is 23.5 Å². The second kappa shape index (κ2) is 6.63. The Morgan fingerprint density at radius 1 is 1.23 bits per heavy atom. The van der Waals surface area contributed by atoms with Crippen LogP contribution in [0.4, 0.5) is 5.82 Å². The van der Waals surface area contributed by atoms with Crippen molar-refractivity contribution in [3.63, 3.8) is 0 Å². The predicted octanol–water partition coefficient (Wildman–Crippen LogP) is 3.08. The molecular formula is C19H23N3O3S. The number of thioether (sulfide) groups is 1. The van der Waals surface area contributed by atoms with E-state index in [2.05, 4.69) is 24.3 Å². The number of fused-ring (bicyclic) bond motifs is 1. The SMILES string of the molecule is CC1(C)C[C@@H](n2[nH]c(=O)c3c2NC(=O)CS[C@H]3c2ccccc2)CCO1. The highest BCUT2D eigenvalue weighted by molar-refractivity contribution is 8.00. The first-order chi connectivity index (χ1) is 12.4. The van der Waals surface area contributed by atoms with E-state index in [1.807, 2.05) is 35.0 Å². The third kappa shape index (κ3) is 3.21. The standard InChI is InChI=1S/C19H23N3O3S/c1-19(2)10-13(8-9-25-19)22-17-15(18(24)21-22)16(26-11-14(23)20-17)12-6-4-3-5-7-12/h3-7,13,16H,8-11H2,1-2H3,(H,20,23)(H,21,24)/t13-,16-/m0/s1. The van der Waals surface area contributed by atoms with Crippen LogP contribution in [0, 0.1) is 0 Å². The molecule has 2 aliphatic heterocycles. The summed E-state index contributed by atoms with van der Waals surface area (Å²) >= 11 is 1.49. The molecule has 2 N–H and O–H groups in total. The van der Waals surface area contributed by atoms with E-state index in [9.17, 15) is 9.59 Å². The third-order valence-electron chi connectivity index (χ3n) is 5.00. The van der Waals surface area contributed by atoms with Crippen molar-refractivity contribution in [2.75, 3.05) is 17.7 Å². The number of carbonyl (C=O) groups excluding carboxylic acids is 1. The molecule has 4 rings (SSSR count). The van der Waals surface area contributed by atoms with Gasteiger partial charge in [0.1, 0.15) is 5.82 Å². The summed E-state index contributed by atoms with van der Waals surface area (Å²) in [5.41, 5.74) is 1.29. The molecule has 1 aromatic carbocycles. The maximum atomic E-state index is 12.9. The highest BCUT2D eigenvalue weighted by Gasteiger charge is 2.35. The van der Waals surface area contributed by atoms with E-state index in [4.69, 9.17) is 4.74 Å². The van der Waals surface area contributed by atoms with Gasteiger partial charge in [-0.3, -0.25) is 19.4 Å². The van der Waals surface area contributed by atoms with E-state index in [-0.39, 0.29) is 28.4 Å². The number of anilines is 1. The molecule has 1 aromatic heterocycles. The van der Waals surface area contributed by atoms with Crippen molar-refractivity contribution in [1.82, 2.24) is 9.78 Å². The van der Waals surface area contributed by atoms with Crippen LogP contribution >= 0.6 is 11.8 Å². The van der Waals surface area contributed by atoms with Crippen molar-refractivity contribution in [1.29, 1.82) is 0 Å². The number of hydrogen-bond donors (Lipinski definition) is 2. The van der Waals surface area contributed by atoms with Crippen LogP contribution in [0.2, 0.25) is 0 Å². The van der Waals surface area contributed by atoms with E-state index in [1.54, 1.807) is 0 Å². The summed E-state index contributed by atoms with van der Waals surface area (Å²) in [6.45, 7) is 4.75. The molecule has 6 nitrogen and oxygen atoms in total. The number of H-pyrrole nitrogens is 1. The zero-order valence-electron chi connectivity index (χ0n) is 15.0. The maximum absolute atomic E-state index is 12.9. The molecule has 1 amide bonds. The van der Waals surface area contributed by atoms with Gasteiger partial charge in [-0.1, -0.05) is 30.3 Å². The van der Waals surface area contributed by atoms with E-state index < -0.39 is 0 Å². The minimum atomic E-state index is -0.251. The zero-order chi connectivity index (χ0) is 18.3. The largest absolute Gasteiger partial charge is 0.375 e. The number of nitrogens with one attached hydrogen (secondary N) is 2. The highest BCUT2D eigenvalue weighted by Crippen LogP contribution is 2.42. The number of rotatable bonds is 2. The Bertz CT molecular complexity index is 872. The van der Waals surface area contributed by atoms with Gasteiger partial charge >= 0.3 is 0 Å². The average Bonchev–Trinajstić information content (AvgIpc) is 2.81. The predicted molar refractivity (Wildman–Crippen MR) is 103 cm³/mol. The maximum Gasteiger partial charge on any atom is 0.270 e. The summed E-state index contributed by atoms with van der Waals surface area (Å²) < 4.78 is 7.67. The Labute approximate surface area is 156 Å². The second-order valence-electron chi connectivity index (χ2n) is 7.48. The third-order valence-corrected chi connectivity index (χ3v) is 6.27. The number of aromatic nitrogens is 2. The van der Waals surface area contributed by atoms with Crippen molar-refractivity contribution < 1.29 is 9.53 Å². The van der Waals surface area contributed by atoms with Crippen molar-refractivity contribution in [2.24, 2.45) is 0 Å². The molecule has 138 valence electrons. The molecule has 7 heteroatoms. The van der Waals surface area contributed by atoms with E-state index in [0.29, 0.717) is 23.7 Å². The number of aromatic amines is 1. The van der Waals surface area contributed by atoms with Crippen LogP contribution in [0.25, 0.3) is 0 Å². The molecule has 2 aromatic rings. The van der Waals surface area contributed by atoms with E-state index >= 15 is 0 Å². The second-order valence-corrected chi connectivity index (χ2v) is 8.57. The Hall–Kier alpha value is -1.99. The summed E-state index contributed by atoms with van der Waals surface area (Å²) in [5, 5.41) is 5.79. The van der Waals surface area contributed by atoms with Gasteiger partial charge in [0.05, 0.1) is 28.2 Å². The van der Waals surface area contributed by atoms with E-state index in [0.717, 1.165) is 18.4 Å². The van der Waals surface area contributed by atoms with Crippen LogP contribution in [0.15, 0.2) is 35.1 Å². The Morgan fingerprint density at radius 2 is 2.00 bits per heavy atom. The van der Waals surface area contributed by atoms with Crippen LogP contribution < -0.4 is 10.9 Å². The molecule has 1 fully saturated rings. The number of nitrogens with zero attached hydrogens (tertiary/aromatic N) is 1. The van der Waals surface area contributed by atoms with Crippen LogP contribution in [-0.2, 0) is 9.53 Å². The monoisotopic (exact) mass is 373 g/mol. The molecule has 0 aliphatic carbocycles. The van der Waals surface area contributed by atoms with Crippen molar-refractivity contribution in [3.05, 3.63) is 51.8 Å². The lowest BCUT2D eigenvalue weighted by molar-refractivity contribution is -0.113. The number of carbonyl (C=O) groups is 1. The molecule has 0 unspecified atom stereocenters. The van der Waals surface area contributed by atoms with Crippen LogP contribution in [0.3, 0.4) is 0 Å². The van der Waals surface area contributed by atoms with Gasteiger partial charge in [-0.05, 0) is 32.3 Å². The normalized spacial score (nSPS) is 25.2. The zero-order valence-corrected chi connectivity index (χ0v) is 15.8. The Kier molecular flexibility index (Phi) is 4.44. The lowest BCUT2D eigenvalue weighted by Gasteiger charge is -2.36. The first kappa shape index (κ1) is 17.4. The van der Waals surface area contributed by atoms with Crippen LogP contribution in [0.1, 0.15) is 49.1 Å². The highest BCUT2D eigenvalue weighted by atomic mass is 32.2. The first-order valence-corrected chi connectivity index (χ1v) is 9.94. The minimum absolute atomic E-state index is 0.0752. The first-order valence-electron chi connectivity index (χ1n) is 8.89. The fraction of sp³-hybridized carbons (Fsp3) is 0.474. The van der Waals surface area contributed by atoms with Gasteiger partial charge in [-0.2, -0.15) is 0 Å². The van der Waals surface area contributed by atoms with Gasteiger partial charge in [0.2, 0.25) is 5.91 Å². The lowest BCUT2D eigenvalue weighted by atomic mass is 9.94. The minimum Gasteiger partial charge on any atom is -0.375 e. The number of benzene rings is 1. The average molecular weight is 373 g/mol.